The first-order chi connectivity index (χ1) is 9.97. The van der Waals surface area contributed by atoms with Crippen molar-refractivity contribution in [1.29, 1.82) is 0 Å². The zero-order chi connectivity index (χ0) is 15.4. The lowest BCUT2D eigenvalue weighted by Crippen LogP contribution is -2.08. The third kappa shape index (κ3) is 4.02. The molecule has 0 saturated carbocycles. The van der Waals surface area contributed by atoms with Crippen LogP contribution < -0.4 is 4.90 Å². The highest BCUT2D eigenvalue weighted by molar-refractivity contribution is 9.10. The van der Waals surface area contributed by atoms with Crippen molar-refractivity contribution in [2.24, 2.45) is 0 Å². The number of hydrogen-bond acceptors (Lipinski definition) is 2. The summed E-state index contributed by atoms with van der Waals surface area (Å²) in [6.45, 7) is 0. The summed E-state index contributed by atoms with van der Waals surface area (Å²) in [5.41, 5.74) is 1.98. The third-order valence-corrected chi connectivity index (χ3v) is 3.53. The molecule has 2 aromatic carbocycles. The van der Waals surface area contributed by atoms with Gasteiger partial charge in [0.25, 0.3) is 0 Å². The van der Waals surface area contributed by atoms with Crippen molar-refractivity contribution < 1.29 is 9.18 Å². The smallest absolute Gasteiger partial charge is 0.185 e. The normalized spacial score (nSPS) is 10.9. The molecule has 108 valence electrons. The first-order valence-electron chi connectivity index (χ1n) is 6.42. The third-order valence-electron chi connectivity index (χ3n) is 3.04. The maximum Gasteiger partial charge on any atom is 0.185 e. The second-order valence-corrected chi connectivity index (χ2v) is 5.72. The van der Waals surface area contributed by atoms with Gasteiger partial charge in [-0.3, -0.25) is 4.79 Å². The first-order valence-corrected chi connectivity index (χ1v) is 7.21. The van der Waals surface area contributed by atoms with E-state index >= 15 is 0 Å². The quantitative estimate of drug-likeness (QED) is 0.597. The number of carbonyl (C=O) groups excluding carboxylic acids is 1. The minimum Gasteiger partial charge on any atom is -0.378 e. The Morgan fingerprint density at radius 3 is 2.43 bits per heavy atom. The second kappa shape index (κ2) is 6.68. The van der Waals surface area contributed by atoms with Gasteiger partial charge in [0, 0.05) is 35.4 Å². The van der Waals surface area contributed by atoms with Crippen molar-refractivity contribution in [3.63, 3.8) is 0 Å². The van der Waals surface area contributed by atoms with Crippen LogP contribution in [0.25, 0.3) is 6.08 Å². The van der Waals surface area contributed by atoms with Crippen LogP contribution in [0.5, 0.6) is 0 Å². The van der Waals surface area contributed by atoms with Gasteiger partial charge in [-0.2, -0.15) is 0 Å². The lowest BCUT2D eigenvalue weighted by atomic mass is 10.1. The fourth-order valence-corrected chi connectivity index (χ4v) is 2.21. The van der Waals surface area contributed by atoms with Crippen LogP contribution in [0.2, 0.25) is 0 Å². The number of halogens is 2. The number of allylic oxidation sites excluding steroid dienone is 1. The molecular formula is C17H15BrFNO. The molecule has 0 spiro atoms. The Bertz CT molecular complexity index is 678. The van der Waals surface area contributed by atoms with Crippen LogP contribution in [-0.2, 0) is 0 Å². The molecule has 0 aromatic heterocycles. The Hall–Kier alpha value is -1.94. The molecule has 2 rings (SSSR count). The van der Waals surface area contributed by atoms with Gasteiger partial charge in [-0.15, -0.1) is 0 Å². The number of hydrogen-bond donors (Lipinski definition) is 0. The molecule has 0 unspecified atom stereocenters. The van der Waals surface area contributed by atoms with Crippen molar-refractivity contribution in [1.82, 2.24) is 0 Å². The van der Waals surface area contributed by atoms with Gasteiger partial charge in [0.15, 0.2) is 5.78 Å². The SMILES string of the molecule is CN(C)c1ccc(C(=O)/C=C/c2cc(Br)ccc2F)cc1. The van der Waals surface area contributed by atoms with Crippen molar-refractivity contribution >= 4 is 33.5 Å². The van der Waals surface area contributed by atoms with Crippen molar-refractivity contribution in [3.8, 4) is 0 Å². The molecule has 0 radical (unpaired) electrons. The second-order valence-electron chi connectivity index (χ2n) is 4.80. The number of ketones is 1. The van der Waals surface area contributed by atoms with E-state index in [1.54, 1.807) is 24.3 Å². The Balaban J connectivity index is 2.17. The molecule has 0 aliphatic rings. The lowest BCUT2D eigenvalue weighted by Gasteiger charge is -2.11. The average Bonchev–Trinajstić information content (AvgIpc) is 2.48. The largest absolute Gasteiger partial charge is 0.378 e. The minimum atomic E-state index is -0.356. The lowest BCUT2D eigenvalue weighted by molar-refractivity contribution is 0.104. The van der Waals surface area contributed by atoms with Crippen molar-refractivity contribution in [2.45, 2.75) is 0 Å². The van der Waals surface area contributed by atoms with Crippen LogP contribution in [0.3, 0.4) is 0 Å². The number of benzene rings is 2. The molecule has 0 amide bonds. The maximum absolute atomic E-state index is 13.6. The molecule has 2 aromatic rings. The molecule has 0 atom stereocenters. The molecule has 0 fully saturated rings. The Morgan fingerprint density at radius 2 is 1.81 bits per heavy atom. The van der Waals surface area contributed by atoms with E-state index < -0.39 is 0 Å². The van der Waals surface area contributed by atoms with Crippen molar-refractivity contribution in [2.75, 3.05) is 19.0 Å². The molecule has 0 saturated heterocycles. The standard InChI is InChI=1S/C17H15BrFNO/c1-20(2)15-7-3-12(4-8-15)17(21)10-5-13-11-14(18)6-9-16(13)19/h3-11H,1-2H3/b10-5+. The zero-order valence-electron chi connectivity index (χ0n) is 11.8. The molecule has 21 heavy (non-hydrogen) atoms. The van der Waals surface area contributed by atoms with E-state index in [-0.39, 0.29) is 11.6 Å². The highest BCUT2D eigenvalue weighted by Crippen LogP contribution is 2.18. The van der Waals surface area contributed by atoms with Crippen LogP contribution in [0.1, 0.15) is 15.9 Å². The van der Waals surface area contributed by atoms with E-state index in [2.05, 4.69) is 15.9 Å². The van der Waals surface area contributed by atoms with Gasteiger partial charge in [-0.05, 0) is 54.6 Å². The van der Waals surface area contributed by atoms with Gasteiger partial charge in [0.2, 0.25) is 0 Å². The first kappa shape index (κ1) is 15.4. The van der Waals surface area contributed by atoms with E-state index in [1.807, 2.05) is 31.1 Å². The molecule has 0 bridgehead atoms. The number of carbonyl (C=O) groups is 1. The number of rotatable bonds is 4. The summed E-state index contributed by atoms with van der Waals surface area (Å²) in [6.07, 6.45) is 2.87. The summed E-state index contributed by atoms with van der Waals surface area (Å²) >= 11 is 3.28. The maximum atomic E-state index is 13.6. The van der Waals surface area contributed by atoms with Crippen LogP contribution >= 0.6 is 15.9 Å². The Morgan fingerprint density at radius 1 is 1.14 bits per heavy atom. The van der Waals surface area contributed by atoms with E-state index in [0.717, 1.165) is 10.2 Å². The predicted octanol–water partition coefficient (Wildman–Crippen LogP) is 4.55. The monoisotopic (exact) mass is 347 g/mol. The van der Waals surface area contributed by atoms with Crippen LogP contribution in [0.15, 0.2) is 53.0 Å². The average molecular weight is 348 g/mol. The predicted molar refractivity (Wildman–Crippen MR) is 88.2 cm³/mol. The number of nitrogens with zero attached hydrogens (tertiary/aromatic N) is 1. The van der Waals surface area contributed by atoms with Crippen LogP contribution in [-0.4, -0.2) is 19.9 Å². The Kier molecular flexibility index (Phi) is 4.91. The van der Waals surface area contributed by atoms with Gasteiger partial charge in [-0.25, -0.2) is 4.39 Å². The summed E-state index contributed by atoms with van der Waals surface area (Å²) in [6, 6.07) is 11.9. The fraction of sp³-hybridized carbons (Fsp3) is 0.118. The van der Waals surface area contributed by atoms with Crippen molar-refractivity contribution in [3.05, 3.63) is 70.0 Å². The van der Waals surface area contributed by atoms with Crippen LogP contribution in [0.4, 0.5) is 10.1 Å². The fourth-order valence-electron chi connectivity index (χ4n) is 1.83. The topological polar surface area (TPSA) is 20.3 Å². The Labute approximate surface area is 132 Å². The van der Waals surface area contributed by atoms with Gasteiger partial charge < -0.3 is 4.90 Å². The van der Waals surface area contributed by atoms with Gasteiger partial charge in [0.05, 0.1) is 0 Å². The molecule has 0 aliphatic carbocycles. The van der Waals surface area contributed by atoms with Gasteiger partial charge >= 0.3 is 0 Å². The minimum absolute atomic E-state index is 0.153. The van der Waals surface area contributed by atoms with Crippen LogP contribution in [0, 0.1) is 5.82 Å². The molecule has 0 aliphatic heterocycles. The molecule has 0 heterocycles. The van der Waals surface area contributed by atoms with E-state index in [1.165, 1.54) is 18.2 Å². The molecule has 4 heteroatoms. The molecule has 2 nitrogen and oxygen atoms in total. The van der Waals surface area contributed by atoms with Gasteiger partial charge in [-0.1, -0.05) is 15.9 Å². The highest BCUT2D eigenvalue weighted by atomic mass is 79.9. The summed E-state index contributed by atoms with van der Waals surface area (Å²) in [4.78, 5) is 14.0. The highest BCUT2D eigenvalue weighted by Gasteiger charge is 2.04. The number of anilines is 1. The van der Waals surface area contributed by atoms with E-state index in [4.69, 9.17) is 0 Å². The van der Waals surface area contributed by atoms with E-state index in [9.17, 15) is 9.18 Å². The summed E-state index contributed by atoms with van der Waals surface area (Å²) < 4.78 is 14.3. The summed E-state index contributed by atoms with van der Waals surface area (Å²) in [7, 11) is 3.87. The molecular weight excluding hydrogens is 333 g/mol. The van der Waals surface area contributed by atoms with Gasteiger partial charge in [0.1, 0.15) is 5.82 Å². The summed E-state index contributed by atoms with van der Waals surface area (Å²) in [5.74, 6) is -0.509. The molecule has 0 N–H and O–H groups in total. The summed E-state index contributed by atoms with van der Waals surface area (Å²) in [5, 5.41) is 0. The van der Waals surface area contributed by atoms with E-state index in [0.29, 0.717) is 11.1 Å². The zero-order valence-corrected chi connectivity index (χ0v) is 13.4.